The summed E-state index contributed by atoms with van der Waals surface area (Å²) in [6.07, 6.45) is 3.45. The van der Waals surface area contributed by atoms with Gasteiger partial charge in [0.1, 0.15) is 17.2 Å². The summed E-state index contributed by atoms with van der Waals surface area (Å²) in [5.74, 6) is 0.600. The van der Waals surface area contributed by atoms with Gasteiger partial charge in [-0.3, -0.25) is 14.4 Å². The first-order chi connectivity index (χ1) is 14.0. The molecule has 2 heterocycles. The highest BCUT2D eigenvalue weighted by Crippen LogP contribution is 2.18. The van der Waals surface area contributed by atoms with Crippen molar-refractivity contribution in [1.82, 2.24) is 9.47 Å². The topological polar surface area (TPSA) is 89.9 Å². The van der Waals surface area contributed by atoms with E-state index in [2.05, 4.69) is 5.32 Å². The van der Waals surface area contributed by atoms with E-state index in [1.807, 2.05) is 6.92 Å². The molecular weight excluding hydrogens is 374 g/mol. The van der Waals surface area contributed by atoms with E-state index in [1.54, 1.807) is 36.2 Å². The predicted octanol–water partition coefficient (Wildman–Crippen LogP) is 2.04. The Bertz CT molecular complexity index is 930. The first-order valence-electron chi connectivity index (χ1n) is 9.63. The number of carbonyl (C=O) groups excluding carboxylic acids is 2. The minimum absolute atomic E-state index is 0.0536. The van der Waals surface area contributed by atoms with Crippen LogP contribution in [0, 0.1) is 0 Å². The summed E-state index contributed by atoms with van der Waals surface area (Å²) >= 11 is 0. The normalized spacial score (nSPS) is 13.2. The van der Waals surface area contributed by atoms with Crippen molar-refractivity contribution in [2.45, 2.75) is 19.8 Å². The second-order valence-electron chi connectivity index (χ2n) is 6.80. The van der Waals surface area contributed by atoms with Gasteiger partial charge in [0.15, 0.2) is 6.61 Å². The Balaban J connectivity index is 1.64. The lowest BCUT2D eigenvalue weighted by molar-refractivity contribution is -0.118. The molecule has 8 nitrogen and oxygen atoms in total. The van der Waals surface area contributed by atoms with Crippen LogP contribution in [0.2, 0.25) is 0 Å². The summed E-state index contributed by atoms with van der Waals surface area (Å²) in [5.41, 5.74) is 0.0342. The minimum Gasteiger partial charge on any atom is -0.494 e. The summed E-state index contributed by atoms with van der Waals surface area (Å²) in [4.78, 5) is 38.9. The number of hydrogen-bond donors (Lipinski definition) is 1. The zero-order chi connectivity index (χ0) is 20.8. The van der Waals surface area contributed by atoms with Crippen molar-refractivity contribution in [1.29, 1.82) is 0 Å². The lowest BCUT2D eigenvalue weighted by atomic mass is 10.2. The van der Waals surface area contributed by atoms with Crippen LogP contribution in [0.15, 0.2) is 41.3 Å². The molecule has 1 aromatic carbocycles. The highest BCUT2D eigenvalue weighted by molar-refractivity contribution is 5.97. The maximum atomic E-state index is 12.6. The van der Waals surface area contributed by atoms with E-state index in [0.29, 0.717) is 36.8 Å². The second kappa shape index (κ2) is 9.27. The summed E-state index contributed by atoms with van der Waals surface area (Å²) in [7, 11) is 1.55. The van der Waals surface area contributed by atoms with E-state index in [-0.39, 0.29) is 18.2 Å². The molecule has 2 amide bonds. The minimum atomic E-state index is -0.484. The molecule has 2 aromatic rings. The fraction of sp³-hybridized carbons (Fsp3) is 0.381. The van der Waals surface area contributed by atoms with E-state index in [0.717, 1.165) is 12.8 Å². The zero-order valence-electron chi connectivity index (χ0n) is 16.6. The summed E-state index contributed by atoms with van der Waals surface area (Å²) in [5, 5.41) is 2.55. The van der Waals surface area contributed by atoms with Gasteiger partial charge in [0.05, 0.1) is 12.2 Å². The lowest BCUT2D eigenvalue weighted by Gasteiger charge is -2.16. The van der Waals surface area contributed by atoms with Crippen LogP contribution in [-0.2, 0) is 11.8 Å². The third-order valence-electron chi connectivity index (χ3n) is 4.60. The van der Waals surface area contributed by atoms with Gasteiger partial charge >= 0.3 is 0 Å². The van der Waals surface area contributed by atoms with Gasteiger partial charge in [0, 0.05) is 26.3 Å². The van der Waals surface area contributed by atoms with Gasteiger partial charge in [0.25, 0.3) is 17.4 Å². The lowest BCUT2D eigenvalue weighted by Crippen LogP contribution is -2.31. The number of pyridine rings is 1. The van der Waals surface area contributed by atoms with Crippen molar-refractivity contribution < 1.29 is 19.1 Å². The molecule has 0 bridgehead atoms. The number of nitrogens with one attached hydrogen (secondary N) is 1. The average Bonchev–Trinajstić information content (AvgIpc) is 3.25. The molecule has 3 rings (SSSR count). The SMILES string of the molecule is CCOc1ccc(OCC(=O)Nc2cc(C(=O)N3CCCC3)cn(C)c2=O)cc1. The molecular formula is C21H25N3O5. The number of nitrogens with zero attached hydrogens (tertiary/aromatic N) is 2. The van der Waals surface area contributed by atoms with E-state index in [9.17, 15) is 14.4 Å². The molecule has 1 aliphatic rings. The second-order valence-corrected chi connectivity index (χ2v) is 6.80. The number of aromatic nitrogens is 1. The van der Waals surface area contributed by atoms with Crippen LogP contribution < -0.4 is 20.3 Å². The van der Waals surface area contributed by atoms with Crippen LogP contribution in [-0.4, -0.2) is 47.6 Å². The molecule has 0 unspecified atom stereocenters. The largest absolute Gasteiger partial charge is 0.494 e. The van der Waals surface area contributed by atoms with E-state index < -0.39 is 11.5 Å². The molecule has 29 heavy (non-hydrogen) atoms. The van der Waals surface area contributed by atoms with E-state index in [1.165, 1.54) is 16.8 Å². The fourth-order valence-corrected chi connectivity index (χ4v) is 3.15. The van der Waals surface area contributed by atoms with Crippen LogP contribution >= 0.6 is 0 Å². The molecule has 1 fully saturated rings. The number of anilines is 1. The predicted molar refractivity (Wildman–Crippen MR) is 109 cm³/mol. The molecule has 154 valence electrons. The van der Waals surface area contributed by atoms with Crippen LogP contribution in [0.1, 0.15) is 30.1 Å². The van der Waals surface area contributed by atoms with E-state index in [4.69, 9.17) is 9.47 Å². The highest BCUT2D eigenvalue weighted by atomic mass is 16.5. The molecule has 0 aliphatic carbocycles. The molecule has 1 aromatic heterocycles. The zero-order valence-corrected chi connectivity index (χ0v) is 16.6. The van der Waals surface area contributed by atoms with Gasteiger partial charge in [-0.15, -0.1) is 0 Å². The van der Waals surface area contributed by atoms with Crippen LogP contribution in [0.25, 0.3) is 0 Å². The molecule has 1 saturated heterocycles. The smallest absolute Gasteiger partial charge is 0.274 e. The standard InChI is InChI=1S/C21H25N3O5/c1-3-28-16-6-8-17(9-7-16)29-14-19(25)22-18-12-15(13-23(2)21(18)27)20(26)24-10-4-5-11-24/h6-9,12-13H,3-5,10-11,14H2,1-2H3,(H,22,25). The number of benzene rings is 1. The number of carbonyl (C=O) groups is 2. The monoisotopic (exact) mass is 399 g/mol. The van der Waals surface area contributed by atoms with E-state index >= 15 is 0 Å². The molecule has 1 N–H and O–H groups in total. The number of ether oxygens (including phenoxy) is 2. The van der Waals surface area contributed by atoms with Gasteiger partial charge in [-0.1, -0.05) is 0 Å². The summed E-state index contributed by atoms with van der Waals surface area (Å²) in [6, 6.07) is 8.33. The molecule has 8 heteroatoms. The third-order valence-corrected chi connectivity index (χ3v) is 4.60. The molecule has 0 atom stereocenters. The molecule has 0 radical (unpaired) electrons. The Morgan fingerprint density at radius 3 is 2.31 bits per heavy atom. The Hall–Kier alpha value is -3.29. The van der Waals surface area contributed by atoms with Gasteiger partial charge < -0.3 is 24.3 Å². The van der Waals surface area contributed by atoms with Gasteiger partial charge in [-0.05, 0) is 50.1 Å². The van der Waals surface area contributed by atoms with Gasteiger partial charge in [-0.25, -0.2) is 0 Å². The molecule has 0 spiro atoms. The Morgan fingerprint density at radius 2 is 1.69 bits per heavy atom. The Labute approximate surface area is 169 Å². The third kappa shape index (κ3) is 5.16. The summed E-state index contributed by atoms with van der Waals surface area (Å²) < 4.78 is 12.1. The van der Waals surface area contributed by atoms with Crippen molar-refractivity contribution in [2.24, 2.45) is 7.05 Å². The van der Waals surface area contributed by atoms with Crippen molar-refractivity contribution in [2.75, 3.05) is 31.6 Å². The Morgan fingerprint density at radius 1 is 1.07 bits per heavy atom. The number of aryl methyl sites for hydroxylation is 1. The van der Waals surface area contributed by atoms with Gasteiger partial charge in [-0.2, -0.15) is 0 Å². The van der Waals surface area contributed by atoms with Crippen LogP contribution in [0.5, 0.6) is 11.5 Å². The number of hydrogen-bond acceptors (Lipinski definition) is 5. The summed E-state index contributed by atoms with van der Waals surface area (Å²) in [6.45, 7) is 3.61. The van der Waals surface area contributed by atoms with Crippen molar-refractivity contribution in [3.05, 3.63) is 52.4 Å². The maximum absolute atomic E-state index is 12.6. The van der Waals surface area contributed by atoms with Gasteiger partial charge in [0.2, 0.25) is 0 Å². The number of likely N-dealkylation sites (tertiary alicyclic amines) is 1. The van der Waals surface area contributed by atoms with Crippen molar-refractivity contribution in [3.8, 4) is 11.5 Å². The fourth-order valence-electron chi connectivity index (χ4n) is 3.15. The average molecular weight is 399 g/mol. The first kappa shape index (κ1) is 20.4. The quantitative estimate of drug-likeness (QED) is 0.770. The molecule has 1 aliphatic heterocycles. The number of rotatable bonds is 7. The maximum Gasteiger partial charge on any atom is 0.274 e. The first-order valence-corrected chi connectivity index (χ1v) is 9.63. The van der Waals surface area contributed by atoms with Crippen LogP contribution in [0.3, 0.4) is 0 Å². The highest BCUT2D eigenvalue weighted by Gasteiger charge is 2.21. The van der Waals surface area contributed by atoms with Crippen molar-refractivity contribution in [3.63, 3.8) is 0 Å². The molecule has 0 saturated carbocycles. The number of amides is 2. The van der Waals surface area contributed by atoms with Crippen molar-refractivity contribution >= 4 is 17.5 Å². The van der Waals surface area contributed by atoms with Crippen LogP contribution in [0.4, 0.5) is 5.69 Å². The Kier molecular flexibility index (Phi) is 6.54.